The molecule has 148 valence electrons. The SMILES string of the molecule is O=C(O)CCCCCCC1C(=O)CC(O)[C@@H]1/C=C/C(O)Cc1ccccc1. The number of aliphatic hydroxyl groups is 2. The van der Waals surface area contributed by atoms with Crippen LogP contribution < -0.4 is 0 Å². The summed E-state index contributed by atoms with van der Waals surface area (Å²) in [5.41, 5.74) is 1.04. The topological polar surface area (TPSA) is 94.8 Å². The monoisotopic (exact) mass is 374 g/mol. The Kier molecular flexibility index (Phi) is 8.69. The molecule has 0 spiro atoms. The van der Waals surface area contributed by atoms with Gasteiger partial charge in [-0.15, -0.1) is 0 Å². The second-order valence-electron chi connectivity index (χ2n) is 7.41. The Labute approximate surface area is 160 Å². The van der Waals surface area contributed by atoms with Crippen LogP contribution in [0.1, 0.15) is 50.5 Å². The van der Waals surface area contributed by atoms with E-state index < -0.39 is 18.2 Å². The fourth-order valence-electron chi connectivity index (χ4n) is 3.77. The Morgan fingerprint density at radius 3 is 2.56 bits per heavy atom. The molecule has 1 aliphatic rings. The number of carboxylic acids is 1. The molecule has 0 amide bonds. The van der Waals surface area contributed by atoms with Gasteiger partial charge in [0.15, 0.2) is 0 Å². The molecule has 5 heteroatoms. The van der Waals surface area contributed by atoms with Crippen molar-refractivity contribution in [2.45, 2.75) is 63.6 Å². The molecule has 0 heterocycles. The first kappa shape index (κ1) is 21.3. The van der Waals surface area contributed by atoms with Crippen LogP contribution >= 0.6 is 0 Å². The van der Waals surface area contributed by atoms with E-state index in [0.29, 0.717) is 19.3 Å². The third-order valence-electron chi connectivity index (χ3n) is 5.23. The lowest BCUT2D eigenvalue weighted by Gasteiger charge is -2.18. The van der Waals surface area contributed by atoms with Crippen LogP contribution in [0.15, 0.2) is 42.5 Å². The number of aliphatic hydroxyl groups excluding tert-OH is 2. The molecule has 2 rings (SSSR count). The van der Waals surface area contributed by atoms with Crippen molar-refractivity contribution >= 4 is 11.8 Å². The third kappa shape index (κ3) is 7.27. The molecule has 27 heavy (non-hydrogen) atoms. The van der Waals surface area contributed by atoms with Gasteiger partial charge in [-0.2, -0.15) is 0 Å². The highest BCUT2D eigenvalue weighted by atomic mass is 16.4. The van der Waals surface area contributed by atoms with E-state index in [1.807, 2.05) is 30.3 Å². The molecular formula is C22H30O5. The van der Waals surface area contributed by atoms with E-state index in [4.69, 9.17) is 5.11 Å². The second-order valence-corrected chi connectivity index (χ2v) is 7.41. The van der Waals surface area contributed by atoms with Crippen molar-refractivity contribution in [3.63, 3.8) is 0 Å². The zero-order valence-electron chi connectivity index (χ0n) is 15.7. The van der Waals surface area contributed by atoms with Gasteiger partial charge in [0, 0.05) is 31.1 Å². The molecule has 0 aromatic heterocycles. The molecular weight excluding hydrogens is 344 g/mol. The van der Waals surface area contributed by atoms with Gasteiger partial charge in [-0.3, -0.25) is 9.59 Å². The molecule has 0 aliphatic heterocycles. The lowest BCUT2D eigenvalue weighted by atomic mass is 9.88. The van der Waals surface area contributed by atoms with Crippen LogP contribution in [0, 0.1) is 11.8 Å². The largest absolute Gasteiger partial charge is 0.481 e. The van der Waals surface area contributed by atoms with E-state index in [0.717, 1.165) is 24.8 Å². The van der Waals surface area contributed by atoms with Crippen LogP contribution in [0.5, 0.6) is 0 Å². The molecule has 5 nitrogen and oxygen atoms in total. The highest BCUT2D eigenvalue weighted by molar-refractivity contribution is 5.84. The standard InChI is InChI=1S/C22H30O5/c23-17(14-16-8-4-3-5-9-16)12-13-19-18(20(24)15-21(19)25)10-6-1-2-7-11-22(26)27/h3-5,8-9,12-13,17-19,21,23,25H,1-2,6-7,10-11,14-15H2,(H,26,27)/b13-12+/t17?,18?,19-,21?/m1/s1. The molecule has 1 fully saturated rings. The minimum absolute atomic E-state index is 0.0836. The van der Waals surface area contributed by atoms with Gasteiger partial charge in [-0.05, 0) is 18.4 Å². The van der Waals surface area contributed by atoms with Crippen LogP contribution in [-0.4, -0.2) is 39.3 Å². The van der Waals surface area contributed by atoms with Crippen molar-refractivity contribution in [2.75, 3.05) is 0 Å². The Morgan fingerprint density at radius 1 is 1.15 bits per heavy atom. The van der Waals surface area contributed by atoms with Gasteiger partial charge in [-0.25, -0.2) is 0 Å². The number of unbranched alkanes of at least 4 members (excludes halogenated alkanes) is 3. The lowest BCUT2D eigenvalue weighted by molar-refractivity contribution is -0.137. The molecule has 4 atom stereocenters. The number of Topliss-reactive ketones (excluding diaryl/α,β-unsaturated/α-hetero) is 1. The average Bonchev–Trinajstić information content (AvgIpc) is 2.89. The second kappa shape index (κ2) is 11.0. The molecule has 3 N–H and O–H groups in total. The van der Waals surface area contributed by atoms with Crippen LogP contribution in [0.4, 0.5) is 0 Å². The molecule has 1 aliphatic carbocycles. The molecule has 0 bridgehead atoms. The van der Waals surface area contributed by atoms with E-state index in [1.54, 1.807) is 12.2 Å². The Hall–Kier alpha value is -1.98. The average molecular weight is 374 g/mol. The Balaban J connectivity index is 1.81. The van der Waals surface area contributed by atoms with E-state index in [1.165, 1.54) is 0 Å². The number of aliphatic carboxylic acids is 1. The van der Waals surface area contributed by atoms with E-state index in [2.05, 4.69) is 0 Å². The number of hydrogen-bond acceptors (Lipinski definition) is 4. The van der Waals surface area contributed by atoms with E-state index >= 15 is 0 Å². The zero-order valence-corrected chi connectivity index (χ0v) is 15.7. The lowest BCUT2D eigenvalue weighted by Crippen LogP contribution is -2.19. The molecule has 0 saturated heterocycles. The quantitative estimate of drug-likeness (QED) is 0.409. The first-order valence-corrected chi connectivity index (χ1v) is 9.80. The van der Waals surface area contributed by atoms with Crippen LogP contribution in [0.2, 0.25) is 0 Å². The number of ketones is 1. The summed E-state index contributed by atoms with van der Waals surface area (Å²) >= 11 is 0. The summed E-state index contributed by atoms with van der Waals surface area (Å²) in [7, 11) is 0. The summed E-state index contributed by atoms with van der Waals surface area (Å²) in [4.78, 5) is 22.7. The molecule has 1 saturated carbocycles. The van der Waals surface area contributed by atoms with Gasteiger partial charge in [0.25, 0.3) is 0 Å². The molecule has 1 aromatic carbocycles. The van der Waals surface area contributed by atoms with Crippen molar-refractivity contribution in [3.8, 4) is 0 Å². The smallest absolute Gasteiger partial charge is 0.303 e. The van der Waals surface area contributed by atoms with Gasteiger partial charge in [-0.1, -0.05) is 61.7 Å². The van der Waals surface area contributed by atoms with Gasteiger partial charge in [0.2, 0.25) is 0 Å². The highest BCUT2D eigenvalue weighted by Crippen LogP contribution is 2.34. The third-order valence-corrected chi connectivity index (χ3v) is 5.23. The molecule has 1 aromatic rings. The maximum Gasteiger partial charge on any atom is 0.303 e. The minimum Gasteiger partial charge on any atom is -0.481 e. The summed E-state index contributed by atoms with van der Waals surface area (Å²) in [6.45, 7) is 0. The van der Waals surface area contributed by atoms with Gasteiger partial charge in [0.1, 0.15) is 5.78 Å². The van der Waals surface area contributed by atoms with E-state index in [9.17, 15) is 19.8 Å². The van der Waals surface area contributed by atoms with Crippen LogP contribution in [0.25, 0.3) is 0 Å². The fraction of sp³-hybridized carbons (Fsp3) is 0.545. The Bertz CT molecular complexity index is 625. The normalized spacial score (nSPS) is 23.8. The maximum absolute atomic E-state index is 12.2. The van der Waals surface area contributed by atoms with Crippen molar-refractivity contribution in [3.05, 3.63) is 48.0 Å². The summed E-state index contributed by atoms with van der Waals surface area (Å²) in [5, 5.41) is 29.1. The number of rotatable bonds is 11. The fourth-order valence-corrected chi connectivity index (χ4v) is 3.77. The number of benzene rings is 1. The summed E-state index contributed by atoms with van der Waals surface area (Å²) < 4.78 is 0. The number of hydrogen-bond donors (Lipinski definition) is 3. The number of carbonyl (C=O) groups is 2. The summed E-state index contributed by atoms with van der Waals surface area (Å²) in [5.74, 6) is -1.15. The van der Waals surface area contributed by atoms with Gasteiger partial charge < -0.3 is 15.3 Å². The first-order chi connectivity index (χ1) is 13.0. The number of carbonyl (C=O) groups excluding carboxylic acids is 1. The van der Waals surface area contributed by atoms with Crippen LogP contribution in [-0.2, 0) is 16.0 Å². The van der Waals surface area contributed by atoms with Gasteiger partial charge in [0.05, 0.1) is 12.2 Å². The van der Waals surface area contributed by atoms with Crippen molar-refractivity contribution in [1.82, 2.24) is 0 Å². The van der Waals surface area contributed by atoms with Crippen LogP contribution in [0.3, 0.4) is 0 Å². The van der Waals surface area contributed by atoms with Crippen molar-refractivity contribution < 1.29 is 24.9 Å². The van der Waals surface area contributed by atoms with E-state index in [-0.39, 0.29) is 30.5 Å². The molecule has 0 radical (unpaired) electrons. The van der Waals surface area contributed by atoms with Crippen molar-refractivity contribution in [2.24, 2.45) is 11.8 Å². The maximum atomic E-state index is 12.2. The highest BCUT2D eigenvalue weighted by Gasteiger charge is 2.39. The summed E-state index contributed by atoms with van der Waals surface area (Å²) in [6.07, 6.45) is 6.96. The molecule has 3 unspecified atom stereocenters. The van der Waals surface area contributed by atoms with Crippen molar-refractivity contribution in [1.29, 1.82) is 0 Å². The number of carboxylic acid groups (broad SMARTS) is 1. The summed E-state index contributed by atoms with van der Waals surface area (Å²) in [6, 6.07) is 9.70. The predicted octanol–water partition coefficient (Wildman–Crippen LogP) is 3.14. The van der Waals surface area contributed by atoms with Gasteiger partial charge >= 0.3 is 5.97 Å². The predicted molar refractivity (Wildman–Crippen MR) is 103 cm³/mol. The minimum atomic E-state index is -0.775. The Morgan fingerprint density at radius 2 is 1.85 bits per heavy atom. The first-order valence-electron chi connectivity index (χ1n) is 9.80. The zero-order chi connectivity index (χ0) is 19.6.